The molecular formula is C13H15F3N2O. The van der Waals surface area contributed by atoms with Crippen LogP contribution in [0.15, 0.2) is 18.2 Å². The van der Waals surface area contributed by atoms with E-state index in [2.05, 4.69) is 0 Å². The third kappa shape index (κ3) is 4.14. The summed E-state index contributed by atoms with van der Waals surface area (Å²) in [5, 5.41) is 8.81. The Hall–Kier alpha value is -1.74. The lowest BCUT2D eigenvalue weighted by Gasteiger charge is -2.20. The van der Waals surface area contributed by atoms with E-state index >= 15 is 0 Å². The monoisotopic (exact) mass is 272 g/mol. The van der Waals surface area contributed by atoms with Crippen molar-refractivity contribution in [3.63, 3.8) is 0 Å². The minimum absolute atomic E-state index is 0.358. The standard InChI is InChI=1S/C13H15F3N2O/c1-18(6-3-7-19-2)11-4-5-12(13(14,15)16)10(8-11)9-17/h4-5,8H,3,6-7H2,1-2H3. The maximum Gasteiger partial charge on any atom is 0.417 e. The second-order valence-electron chi connectivity index (χ2n) is 4.11. The molecule has 0 aromatic heterocycles. The maximum absolute atomic E-state index is 12.6. The van der Waals surface area contributed by atoms with Gasteiger partial charge >= 0.3 is 6.18 Å². The van der Waals surface area contributed by atoms with Crippen LogP contribution in [0.1, 0.15) is 17.5 Å². The van der Waals surface area contributed by atoms with Crippen LogP contribution in [-0.2, 0) is 10.9 Å². The summed E-state index contributed by atoms with van der Waals surface area (Å²) in [6, 6.07) is 5.17. The number of alkyl halides is 3. The van der Waals surface area contributed by atoms with Gasteiger partial charge in [0.05, 0.1) is 17.2 Å². The summed E-state index contributed by atoms with van der Waals surface area (Å²) in [6.45, 7) is 1.22. The first-order chi connectivity index (χ1) is 8.90. The van der Waals surface area contributed by atoms with Crippen molar-refractivity contribution in [3.8, 4) is 6.07 Å². The van der Waals surface area contributed by atoms with Crippen LogP contribution in [0.2, 0.25) is 0 Å². The summed E-state index contributed by atoms with van der Waals surface area (Å²) in [5.74, 6) is 0. The van der Waals surface area contributed by atoms with Crippen LogP contribution in [0.3, 0.4) is 0 Å². The van der Waals surface area contributed by atoms with Gasteiger partial charge in [0.15, 0.2) is 0 Å². The fraction of sp³-hybridized carbons (Fsp3) is 0.462. The lowest BCUT2D eigenvalue weighted by atomic mass is 10.1. The Morgan fingerprint density at radius 1 is 1.37 bits per heavy atom. The molecule has 0 fully saturated rings. The van der Waals surface area contributed by atoms with Gasteiger partial charge < -0.3 is 9.64 Å². The number of methoxy groups -OCH3 is 1. The third-order valence-corrected chi connectivity index (χ3v) is 2.71. The highest BCUT2D eigenvalue weighted by molar-refractivity contribution is 5.54. The van der Waals surface area contributed by atoms with Gasteiger partial charge in [0, 0.05) is 33.0 Å². The van der Waals surface area contributed by atoms with E-state index in [0.717, 1.165) is 12.5 Å². The predicted molar refractivity (Wildman–Crippen MR) is 65.9 cm³/mol. The number of rotatable bonds is 5. The third-order valence-electron chi connectivity index (χ3n) is 2.71. The fourth-order valence-electron chi connectivity index (χ4n) is 1.68. The van der Waals surface area contributed by atoms with E-state index in [1.807, 2.05) is 0 Å². The molecule has 0 spiro atoms. The highest BCUT2D eigenvalue weighted by Crippen LogP contribution is 2.33. The van der Waals surface area contributed by atoms with E-state index in [4.69, 9.17) is 10.00 Å². The molecule has 104 valence electrons. The molecule has 0 radical (unpaired) electrons. The summed E-state index contributed by atoms with van der Waals surface area (Å²) >= 11 is 0. The number of hydrogen-bond acceptors (Lipinski definition) is 3. The topological polar surface area (TPSA) is 36.3 Å². The second kappa shape index (κ2) is 6.43. The number of anilines is 1. The Morgan fingerprint density at radius 3 is 2.58 bits per heavy atom. The number of nitriles is 1. The van der Waals surface area contributed by atoms with Crippen molar-refractivity contribution in [2.75, 3.05) is 32.2 Å². The van der Waals surface area contributed by atoms with Crippen molar-refractivity contribution in [2.45, 2.75) is 12.6 Å². The molecule has 1 aromatic carbocycles. The minimum Gasteiger partial charge on any atom is -0.385 e. The van der Waals surface area contributed by atoms with Crippen LogP contribution in [-0.4, -0.2) is 27.3 Å². The quantitative estimate of drug-likeness (QED) is 0.773. The average Bonchev–Trinajstić information content (AvgIpc) is 2.37. The largest absolute Gasteiger partial charge is 0.417 e. The molecule has 3 nitrogen and oxygen atoms in total. The van der Waals surface area contributed by atoms with E-state index in [1.54, 1.807) is 25.1 Å². The number of hydrogen-bond donors (Lipinski definition) is 0. The first-order valence-electron chi connectivity index (χ1n) is 5.71. The fourth-order valence-corrected chi connectivity index (χ4v) is 1.68. The molecule has 6 heteroatoms. The molecule has 0 aliphatic heterocycles. The van der Waals surface area contributed by atoms with E-state index in [9.17, 15) is 13.2 Å². The van der Waals surface area contributed by atoms with Gasteiger partial charge in [-0.3, -0.25) is 0 Å². The van der Waals surface area contributed by atoms with E-state index in [0.29, 0.717) is 18.8 Å². The minimum atomic E-state index is -4.50. The van der Waals surface area contributed by atoms with Gasteiger partial charge in [-0.1, -0.05) is 0 Å². The van der Waals surface area contributed by atoms with Gasteiger partial charge in [-0.25, -0.2) is 0 Å². The van der Waals surface area contributed by atoms with Gasteiger partial charge in [-0.2, -0.15) is 18.4 Å². The Morgan fingerprint density at radius 2 is 2.05 bits per heavy atom. The van der Waals surface area contributed by atoms with Gasteiger partial charge in [0.1, 0.15) is 0 Å². The molecule has 0 aliphatic rings. The molecular weight excluding hydrogens is 257 g/mol. The number of benzene rings is 1. The van der Waals surface area contributed by atoms with Crippen molar-refractivity contribution >= 4 is 5.69 Å². The zero-order valence-electron chi connectivity index (χ0n) is 10.8. The predicted octanol–water partition coefficient (Wildman–Crippen LogP) is 3.05. The number of halogens is 3. The number of ether oxygens (including phenoxy) is 1. The van der Waals surface area contributed by atoms with Crippen molar-refractivity contribution in [2.24, 2.45) is 0 Å². The molecule has 0 amide bonds. The molecule has 0 bridgehead atoms. The van der Waals surface area contributed by atoms with Crippen molar-refractivity contribution < 1.29 is 17.9 Å². The van der Waals surface area contributed by atoms with E-state index in [-0.39, 0.29) is 5.56 Å². The lowest BCUT2D eigenvalue weighted by Crippen LogP contribution is -2.20. The number of nitrogens with zero attached hydrogens (tertiary/aromatic N) is 2. The maximum atomic E-state index is 12.6. The molecule has 0 N–H and O–H groups in total. The van der Waals surface area contributed by atoms with Crippen LogP contribution in [0, 0.1) is 11.3 Å². The molecule has 19 heavy (non-hydrogen) atoms. The van der Waals surface area contributed by atoms with Gasteiger partial charge in [0.2, 0.25) is 0 Å². The Labute approximate surface area is 110 Å². The summed E-state index contributed by atoms with van der Waals surface area (Å²) in [7, 11) is 3.35. The zero-order valence-corrected chi connectivity index (χ0v) is 10.8. The Balaban J connectivity index is 2.92. The van der Waals surface area contributed by atoms with Crippen LogP contribution in [0.25, 0.3) is 0 Å². The highest BCUT2D eigenvalue weighted by atomic mass is 19.4. The first-order valence-corrected chi connectivity index (χ1v) is 5.71. The first kappa shape index (κ1) is 15.3. The second-order valence-corrected chi connectivity index (χ2v) is 4.11. The van der Waals surface area contributed by atoms with Gasteiger partial charge in [-0.05, 0) is 24.6 Å². The average molecular weight is 272 g/mol. The van der Waals surface area contributed by atoms with Crippen LogP contribution in [0.5, 0.6) is 0 Å². The zero-order chi connectivity index (χ0) is 14.5. The molecule has 0 atom stereocenters. The van der Waals surface area contributed by atoms with Crippen molar-refractivity contribution in [1.82, 2.24) is 0 Å². The van der Waals surface area contributed by atoms with Crippen molar-refractivity contribution in [1.29, 1.82) is 5.26 Å². The molecule has 0 unspecified atom stereocenters. The Bertz CT molecular complexity index is 466. The summed E-state index contributed by atoms with van der Waals surface area (Å²) in [5.41, 5.74) is -0.673. The smallest absolute Gasteiger partial charge is 0.385 e. The normalized spacial score (nSPS) is 11.2. The van der Waals surface area contributed by atoms with Crippen LogP contribution in [0.4, 0.5) is 18.9 Å². The van der Waals surface area contributed by atoms with E-state index < -0.39 is 11.7 Å². The summed E-state index contributed by atoms with van der Waals surface area (Å²) in [4.78, 5) is 1.79. The molecule has 0 saturated carbocycles. The van der Waals surface area contributed by atoms with E-state index in [1.165, 1.54) is 12.1 Å². The van der Waals surface area contributed by atoms with Gasteiger partial charge in [-0.15, -0.1) is 0 Å². The van der Waals surface area contributed by atoms with Gasteiger partial charge in [0.25, 0.3) is 0 Å². The summed E-state index contributed by atoms with van der Waals surface area (Å²) in [6.07, 6.45) is -3.74. The van der Waals surface area contributed by atoms with Crippen LogP contribution < -0.4 is 4.90 Å². The van der Waals surface area contributed by atoms with Crippen LogP contribution >= 0.6 is 0 Å². The van der Waals surface area contributed by atoms with Crippen molar-refractivity contribution in [3.05, 3.63) is 29.3 Å². The molecule has 0 aliphatic carbocycles. The molecule has 1 rings (SSSR count). The Kier molecular flexibility index (Phi) is 5.19. The summed E-state index contributed by atoms with van der Waals surface area (Å²) < 4.78 is 42.8. The highest BCUT2D eigenvalue weighted by Gasteiger charge is 2.33. The molecule has 1 aromatic rings. The molecule has 0 saturated heterocycles. The SMILES string of the molecule is COCCCN(C)c1ccc(C(F)(F)F)c(C#N)c1. The molecule has 0 heterocycles. The lowest BCUT2D eigenvalue weighted by molar-refractivity contribution is -0.137.